The molecule has 3 rings (SSSR count). The molecular weight excluding hydrogens is 224 g/mol. The highest BCUT2D eigenvalue weighted by atomic mass is 16.1. The summed E-state index contributed by atoms with van der Waals surface area (Å²) in [6, 6.07) is 7.99. The van der Waals surface area contributed by atoms with Crippen molar-refractivity contribution in [2.75, 3.05) is 5.32 Å². The van der Waals surface area contributed by atoms with Gasteiger partial charge in [0.25, 0.3) is 0 Å². The Balaban J connectivity index is 2.13. The maximum atomic E-state index is 12.3. The average Bonchev–Trinajstić information content (AvgIpc) is 2.26. The first-order valence-electron chi connectivity index (χ1n) is 6.37. The molecule has 3 heteroatoms. The van der Waals surface area contributed by atoms with Crippen LogP contribution in [0, 0.1) is 5.41 Å². The largest absolute Gasteiger partial charge is 0.398 e. The van der Waals surface area contributed by atoms with Gasteiger partial charge in [-0.15, -0.1) is 0 Å². The highest BCUT2D eigenvalue weighted by molar-refractivity contribution is 6.07. The maximum absolute atomic E-state index is 12.3. The number of hydrogen-bond acceptors (Lipinski definition) is 3. The minimum Gasteiger partial charge on any atom is -0.398 e. The Bertz CT molecular complexity index is 557. The Labute approximate surface area is 107 Å². The number of nitrogens with two attached hydrogens (primary N) is 1. The lowest BCUT2D eigenvalue weighted by Crippen LogP contribution is -2.42. The zero-order chi connectivity index (χ0) is 12.9. The maximum Gasteiger partial charge on any atom is 0.163 e. The summed E-state index contributed by atoms with van der Waals surface area (Å²) in [7, 11) is 0. The van der Waals surface area contributed by atoms with Crippen LogP contribution < -0.4 is 11.1 Å². The number of hydrogen-bond donors (Lipinski definition) is 2. The first kappa shape index (κ1) is 11.3. The van der Waals surface area contributed by atoms with E-state index in [9.17, 15) is 4.79 Å². The molecule has 3 N–H and O–H groups in total. The smallest absolute Gasteiger partial charge is 0.163 e. The van der Waals surface area contributed by atoms with Gasteiger partial charge in [-0.25, -0.2) is 0 Å². The third-order valence-corrected chi connectivity index (χ3v) is 3.88. The molecule has 0 saturated heterocycles. The molecule has 0 aromatic heterocycles. The summed E-state index contributed by atoms with van der Waals surface area (Å²) < 4.78 is 0. The Hall–Kier alpha value is -1.77. The molecule has 0 radical (unpaired) electrons. The van der Waals surface area contributed by atoms with Crippen LogP contribution in [0.2, 0.25) is 0 Å². The molecule has 94 valence electrons. The van der Waals surface area contributed by atoms with Crippen molar-refractivity contribution in [1.82, 2.24) is 0 Å². The quantitative estimate of drug-likeness (QED) is 0.735. The van der Waals surface area contributed by atoms with E-state index in [1.54, 1.807) is 0 Å². The lowest BCUT2D eigenvalue weighted by Gasteiger charge is -2.40. The number of carbonyl (C=O) groups is 1. The lowest BCUT2D eigenvalue weighted by molar-refractivity contribution is -0.119. The molecule has 2 aliphatic rings. The van der Waals surface area contributed by atoms with Gasteiger partial charge in [-0.1, -0.05) is 32.0 Å². The average molecular weight is 242 g/mol. The number of Topliss-reactive ketones (excluding diaryl/α,β-unsaturated/α-hetero) is 1. The lowest BCUT2D eigenvalue weighted by atomic mass is 9.70. The zero-order valence-electron chi connectivity index (χ0n) is 10.8. The van der Waals surface area contributed by atoms with Gasteiger partial charge in [0, 0.05) is 28.9 Å². The molecule has 3 nitrogen and oxygen atoms in total. The Morgan fingerprint density at radius 2 is 2.06 bits per heavy atom. The van der Waals surface area contributed by atoms with Gasteiger partial charge in [-0.05, 0) is 17.9 Å². The van der Waals surface area contributed by atoms with E-state index in [0.717, 1.165) is 23.2 Å². The second-order valence-corrected chi connectivity index (χ2v) is 6.04. The summed E-state index contributed by atoms with van der Waals surface area (Å²) >= 11 is 0. The Morgan fingerprint density at radius 1 is 1.33 bits per heavy atom. The van der Waals surface area contributed by atoms with Gasteiger partial charge in [0.05, 0.1) is 6.04 Å². The zero-order valence-corrected chi connectivity index (χ0v) is 10.8. The standard InChI is InChI=1S/C15H18N2O/c1-15(2)7-11-13(12(18)8-15)14(16)9-5-3-4-6-10(9)17-11/h3-6,11,17H,7-8,16H2,1-2H3. The summed E-state index contributed by atoms with van der Waals surface area (Å²) in [6.07, 6.45) is 1.53. The number of anilines is 1. The molecule has 1 aromatic carbocycles. The third kappa shape index (κ3) is 1.62. The minimum absolute atomic E-state index is 0.0464. The first-order valence-corrected chi connectivity index (χ1v) is 6.37. The molecule has 0 spiro atoms. The normalized spacial score (nSPS) is 25.2. The van der Waals surface area contributed by atoms with Crippen LogP contribution in [-0.2, 0) is 4.79 Å². The monoisotopic (exact) mass is 242 g/mol. The van der Waals surface area contributed by atoms with E-state index in [2.05, 4.69) is 19.2 Å². The number of benzene rings is 1. The second-order valence-electron chi connectivity index (χ2n) is 6.04. The molecule has 1 aliphatic heterocycles. The van der Waals surface area contributed by atoms with Gasteiger partial charge in [-0.3, -0.25) is 4.79 Å². The van der Waals surface area contributed by atoms with E-state index in [1.807, 2.05) is 24.3 Å². The first-order chi connectivity index (χ1) is 8.48. The second kappa shape index (κ2) is 3.61. The van der Waals surface area contributed by atoms with Crippen LogP contribution in [0.15, 0.2) is 29.8 Å². The fraction of sp³-hybridized carbons (Fsp3) is 0.400. The van der Waals surface area contributed by atoms with Crippen LogP contribution in [0.3, 0.4) is 0 Å². The van der Waals surface area contributed by atoms with Crippen molar-refractivity contribution < 1.29 is 4.79 Å². The van der Waals surface area contributed by atoms with Crippen LogP contribution >= 0.6 is 0 Å². The predicted molar refractivity (Wildman–Crippen MR) is 73.0 cm³/mol. The molecule has 1 unspecified atom stereocenters. The van der Waals surface area contributed by atoms with Gasteiger partial charge in [0.2, 0.25) is 0 Å². The van der Waals surface area contributed by atoms with E-state index >= 15 is 0 Å². The highest BCUT2D eigenvalue weighted by Crippen LogP contribution is 2.42. The van der Waals surface area contributed by atoms with Crippen LogP contribution in [0.4, 0.5) is 5.69 Å². The molecule has 1 aliphatic carbocycles. The van der Waals surface area contributed by atoms with Crippen molar-refractivity contribution in [2.24, 2.45) is 11.1 Å². The van der Waals surface area contributed by atoms with Gasteiger partial charge < -0.3 is 11.1 Å². The van der Waals surface area contributed by atoms with Crippen LogP contribution in [0.25, 0.3) is 5.70 Å². The van der Waals surface area contributed by atoms with Crippen molar-refractivity contribution in [3.05, 3.63) is 35.4 Å². The van der Waals surface area contributed by atoms with Crippen LogP contribution in [0.5, 0.6) is 0 Å². The fourth-order valence-corrected chi connectivity index (χ4v) is 3.09. The fourth-order valence-electron chi connectivity index (χ4n) is 3.09. The Morgan fingerprint density at radius 3 is 2.83 bits per heavy atom. The summed E-state index contributed by atoms with van der Waals surface area (Å²) in [5.41, 5.74) is 9.68. The molecule has 1 saturated carbocycles. The molecule has 18 heavy (non-hydrogen) atoms. The van der Waals surface area contributed by atoms with Gasteiger partial charge in [0.15, 0.2) is 5.78 Å². The van der Waals surface area contributed by atoms with E-state index < -0.39 is 0 Å². The third-order valence-electron chi connectivity index (χ3n) is 3.88. The van der Waals surface area contributed by atoms with E-state index in [1.165, 1.54) is 0 Å². The summed E-state index contributed by atoms with van der Waals surface area (Å²) in [5.74, 6) is 0.191. The number of nitrogens with one attached hydrogen (secondary N) is 1. The highest BCUT2D eigenvalue weighted by Gasteiger charge is 2.40. The van der Waals surface area contributed by atoms with Gasteiger partial charge in [0.1, 0.15) is 0 Å². The molecule has 1 aromatic rings. The van der Waals surface area contributed by atoms with Crippen molar-refractivity contribution in [3.63, 3.8) is 0 Å². The molecular formula is C15H18N2O. The predicted octanol–water partition coefficient (Wildman–Crippen LogP) is 2.54. The van der Waals surface area contributed by atoms with Crippen LogP contribution in [0.1, 0.15) is 32.3 Å². The van der Waals surface area contributed by atoms with E-state index in [4.69, 9.17) is 5.73 Å². The van der Waals surface area contributed by atoms with Gasteiger partial charge in [-0.2, -0.15) is 0 Å². The summed E-state index contributed by atoms with van der Waals surface area (Å²) in [6.45, 7) is 4.28. The number of carbonyl (C=O) groups excluding carboxylic acids is 1. The molecule has 0 bridgehead atoms. The SMILES string of the molecule is CC1(C)CC(=O)C2=C(N)c3ccccc3NC2C1. The van der Waals surface area contributed by atoms with Crippen molar-refractivity contribution in [3.8, 4) is 0 Å². The number of rotatable bonds is 0. The molecule has 1 atom stereocenters. The summed E-state index contributed by atoms with van der Waals surface area (Å²) in [4.78, 5) is 12.3. The molecule has 1 fully saturated rings. The molecule has 1 heterocycles. The number of fused-ring (bicyclic) bond motifs is 2. The number of para-hydroxylation sites is 1. The summed E-state index contributed by atoms with van der Waals surface area (Å²) in [5, 5.41) is 3.46. The van der Waals surface area contributed by atoms with Crippen molar-refractivity contribution in [1.29, 1.82) is 0 Å². The van der Waals surface area contributed by atoms with Crippen molar-refractivity contribution >= 4 is 17.2 Å². The minimum atomic E-state index is 0.0464. The van der Waals surface area contributed by atoms with Crippen LogP contribution in [-0.4, -0.2) is 11.8 Å². The van der Waals surface area contributed by atoms with Gasteiger partial charge >= 0.3 is 0 Å². The Kier molecular flexibility index (Phi) is 2.27. The topological polar surface area (TPSA) is 55.1 Å². The number of ketones is 1. The molecule has 0 amide bonds. The van der Waals surface area contributed by atoms with E-state index in [0.29, 0.717) is 12.1 Å². The van der Waals surface area contributed by atoms with E-state index in [-0.39, 0.29) is 17.2 Å². The van der Waals surface area contributed by atoms with Crippen molar-refractivity contribution in [2.45, 2.75) is 32.7 Å².